The molecule has 5 heteroatoms. The summed E-state index contributed by atoms with van der Waals surface area (Å²) in [7, 11) is -3.50. The van der Waals surface area contributed by atoms with Crippen LogP contribution >= 0.6 is 11.3 Å². The van der Waals surface area contributed by atoms with Gasteiger partial charge in [-0.3, -0.25) is 0 Å². The predicted octanol–water partition coefficient (Wildman–Crippen LogP) is 4.86. The molecule has 1 N–H and O–H groups in total. The van der Waals surface area contributed by atoms with E-state index in [4.69, 9.17) is 0 Å². The third kappa shape index (κ3) is 5.67. The lowest BCUT2D eigenvalue weighted by Gasteiger charge is -2.06. The summed E-state index contributed by atoms with van der Waals surface area (Å²) in [5.41, 5.74) is 2.89. The molecule has 0 unspecified atom stereocenters. The van der Waals surface area contributed by atoms with E-state index in [-0.39, 0.29) is 4.90 Å². The first-order valence-corrected chi connectivity index (χ1v) is 11.3. The largest absolute Gasteiger partial charge is 0.240 e. The molecule has 3 rings (SSSR count). The lowest BCUT2D eigenvalue weighted by molar-refractivity contribution is 0.582. The number of thiophene rings is 1. The summed E-state index contributed by atoms with van der Waals surface area (Å²) in [6, 6.07) is 20.6. The number of rotatable bonds is 6. The molecule has 0 amide bonds. The lowest BCUT2D eigenvalue weighted by atomic mass is 10.1. The number of nitrogens with one attached hydrogen (secondary N) is 1. The van der Waals surface area contributed by atoms with Crippen molar-refractivity contribution < 1.29 is 8.42 Å². The van der Waals surface area contributed by atoms with Crippen molar-refractivity contribution in [1.82, 2.24) is 4.72 Å². The molecule has 2 aromatic carbocycles. The average Bonchev–Trinajstić information content (AvgIpc) is 3.23. The molecule has 0 saturated carbocycles. The second-order valence-corrected chi connectivity index (χ2v) is 8.93. The van der Waals surface area contributed by atoms with Crippen LogP contribution in [0.1, 0.15) is 22.4 Å². The first-order valence-electron chi connectivity index (χ1n) is 8.92. The van der Waals surface area contributed by atoms with E-state index >= 15 is 0 Å². The van der Waals surface area contributed by atoms with Gasteiger partial charge in [-0.15, -0.1) is 11.3 Å². The fraction of sp³-hybridized carbons (Fsp3) is 0.130. The zero-order chi connectivity index (χ0) is 19.8. The SMILES string of the molecule is Cc1ccc(S(=O)(=O)NCC/C=C(\C#Cc2ccccc2)c2cccs2)cc1. The molecule has 28 heavy (non-hydrogen) atoms. The van der Waals surface area contributed by atoms with Gasteiger partial charge in [0, 0.05) is 22.6 Å². The van der Waals surface area contributed by atoms with E-state index in [1.54, 1.807) is 35.6 Å². The van der Waals surface area contributed by atoms with Crippen LogP contribution in [0.25, 0.3) is 5.57 Å². The van der Waals surface area contributed by atoms with E-state index in [9.17, 15) is 8.42 Å². The monoisotopic (exact) mass is 407 g/mol. The van der Waals surface area contributed by atoms with Gasteiger partial charge < -0.3 is 0 Å². The molecule has 0 spiro atoms. The molecule has 1 aromatic heterocycles. The van der Waals surface area contributed by atoms with Crippen LogP contribution in [-0.2, 0) is 10.0 Å². The molecule has 0 aliphatic heterocycles. The predicted molar refractivity (Wildman–Crippen MR) is 117 cm³/mol. The maximum atomic E-state index is 12.4. The maximum Gasteiger partial charge on any atom is 0.240 e. The first-order chi connectivity index (χ1) is 13.5. The summed E-state index contributed by atoms with van der Waals surface area (Å²) in [6.07, 6.45) is 2.54. The minimum Gasteiger partial charge on any atom is -0.211 e. The van der Waals surface area contributed by atoms with Crippen LogP contribution in [0.2, 0.25) is 0 Å². The summed E-state index contributed by atoms with van der Waals surface area (Å²) in [5, 5.41) is 2.01. The molecule has 0 radical (unpaired) electrons. The quantitative estimate of drug-likeness (QED) is 0.468. The summed E-state index contributed by atoms with van der Waals surface area (Å²) in [6.45, 7) is 2.25. The third-order valence-electron chi connectivity index (χ3n) is 4.02. The van der Waals surface area contributed by atoms with Gasteiger partial charge in [0.05, 0.1) is 4.90 Å². The van der Waals surface area contributed by atoms with E-state index in [2.05, 4.69) is 16.6 Å². The molecule has 0 aliphatic carbocycles. The molecule has 142 valence electrons. The second-order valence-electron chi connectivity index (χ2n) is 6.21. The van der Waals surface area contributed by atoms with Crippen molar-refractivity contribution >= 4 is 26.9 Å². The summed E-state index contributed by atoms with van der Waals surface area (Å²) in [5.74, 6) is 6.39. The number of aryl methyl sites for hydroxylation is 1. The summed E-state index contributed by atoms with van der Waals surface area (Å²) < 4.78 is 27.4. The van der Waals surface area contributed by atoms with Gasteiger partial charge in [-0.05, 0) is 49.1 Å². The fourth-order valence-electron chi connectivity index (χ4n) is 2.52. The highest BCUT2D eigenvalue weighted by molar-refractivity contribution is 7.89. The Morgan fingerprint density at radius 3 is 2.46 bits per heavy atom. The van der Waals surface area contributed by atoms with Crippen LogP contribution in [-0.4, -0.2) is 15.0 Å². The van der Waals surface area contributed by atoms with Crippen molar-refractivity contribution in [3.05, 3.63) is 94.2 Å². The van der Waals surface area contributed by atoms with Crippen LogP contribution in [0.5, 0.6) is 0 Å². The molecule has 1 heterocycles. The highest BCUT2D eigenvalue weighted by atomic mass is 32.2. The standard InChI is InChI=1S/C23H21NO2S2/c1-19-11-15-22(16-12-19)28(25,26)24-17-5-9-21(23-10-6-18-27-23)14-13-20-7-3-2-4-8-20/h2-4,6-12,15-16,18,24H,5,17H2,1H3/b21-9+. The number of hydrogen-bond acceptors (Lipinski definition) is 3. The normalized spacial score (nSPS) is 11.7. The summed E-state index contributed by atoms with van der Waals surface area (Å²) in [4.78, 5) is 1.36. The lowest BCUT2D eigenvalue weighted by Crippen LogP contribution is -2.24. The maximum absolute atomic E-state index is 12.4. The molecular weight excluding hydrogens is 386 g/mol. The molecule has 0 fully saturated rings. The van der Waals surface area contributed by atoms with Crippen LogP contribution < -0.4 is 4.72 Å². The van der Waals surface area contributed by atoms with Crippen molar-refractivity contribution in [2.24, 2.45) is 0 Å². The molecule has 3 aromatic rings. The Hall–Kier alpha value is -2.65. The van der Waals surface area contributed by atoms with Gasteiger partial charge in [0.2, 0.25) is 10.0 Å². The third-order valence-corrected chi connectivity index (χ3v) is 6.40. The van der Waals surface area contributed by atoms with Gasteiger partial charge in [0.15, 0.2) is 0 Å². The van der Waals surface area contributed by atoms with E-state index in [1.165, 1.54) is 0 Å². The fourth-order valence-corrected chi connectivity index (χ4v) is 4.29. The van der Waals surface area contributed by atoms with E-state index in [0.717, 1.165) is 21.6 Å². The minimum atomic E-state index is -3.50. The first kappa shape index (κ1) is 20.1. The van der Waals surface area contributed by atoms with Gasteiger partial charge in [-0.25, -0.2) is 13.1 Å². The Morgan fingerprint density at radius 1 is 1.04 bits per heavy atom. The van der Waals surface area contributed by atoms with Crippen LogP contribution in [0.3, 0.4) is 0 Å². The summed E-state index contributed by atoms with van der Waals surface area (Å²) >= 11 is 1.62. The molecule has 0 bridgehead atoms. The average molecular weight is 408 g/mol. The molecule has 0 aliphatic rings. The smallest absolute Gasteiger partial charge is 0.211 e. The molecule has 0 atom stereocenters. The highest BCUT2D eigenvalue weighted by Crippen LogP contribution is 2.20. The van der Waals surface area contributed by atoms with E-state index in [0.29, 0.717) is 13.0 Å². The number of sulfonamides is 1. The van der Waals surface area contributed by atoms with E-state index < -0.39 is 10.0 Å². The van der Waals surface area contributed by atoms with Gasteiger partial charge >= 0.3 is 0 Å². The Balaban J connectivity index is 1.68. The Morgan fingerprint density at radius 2 is 1.79 bits per heavy atom. The van der Waals surface area contributed by atoms with Gasteiger partial charge in [-0.2, -0.15) is 0 Å². The van der Waals surface area contributed by atoms with Crippen molar-refractivity contribution in [3.8, 4) is 11.8 Å². The van der Waals surface area contributed by atoms with Crippen LogP contribution in [0.4, 0.5) is 0 Å². The van der Waals surface area contributed by atoms with Crippen molar-refractivity contribution in [2.75, 3.05) is 6.54 Å². The Labute approximate surface area is 170 Å². The Kier molecular flexibility index (Phi) is 6.83. The second kappa shape index (κ2) is 9.52. The van der Waals surface area contributed by atoms with Gasteiger partial charge in [0.25, 0.3) is 0 Å². The number of allylic oxidation sites excluding steroid dienone is 1. The molecule has 0 saturated heterocycles. The van der Waals surface area contributed by atoms with Gasteiger partial charge in [0.1, 0.15) is 0 Å². The minimum absolute atomic E-state index is 0.282. The Bertz CT molecular complexity index is 1090. The highest BCUT2D eigenvalue weighted by Gasteiger charge is 2.12. The number of hydrogen-bond donors (Lipinski definition) is 1. The van der Waals surface area contributed by atoms with Gasteiger partial charge in [-0.1, -0.05) is 59.9 Å². The topological polar surface area (TPSA) is 46.2 Å². The van der Waals surface area contributed by atoms with E-state index in [1.807, 2.05) is 60.8 Å². The van der Waals surface area contributed by atoms with Crippen molar-refractivity contribution in [3.63, 3.8) is 0 Å². The zero-order valence-corrected chi connectivity index (χ0v) is 17.2. The number of benzene rings is 2. The van der Waals surface area contributed by atoms with Crippen molar-refractivity contribution in [2.45, 2.75) is 18.2 Å². The van der Waals surface area contributed by atoms with Crippen LogP contribution in [0, 0.1) is 18.8 Å². The molecule has 3 nitrogen and oxygen atoms in total. The van der Waals surface area contributed by atoms with Crippen LogP contribution in [0.15, 0.2) is 83.1 Å². The molecular formula is C23H21NO2S2. The van der Waals surface area contributed by atoms with Crippen molar-refractivity contribution in [1.29, 1.82) is 0 Å². The zero-order valence-electron chi connectivity index (χ0n) is 15.6.